The van der Waals surface area contributed by atoms with Crippen LogP contribution in [0.1, 0.15) is 38.8 Å². The Hall–Kier alpha value is -1.07. The molecule has 5 heteroatoms. The van der Waals surface area contributed by atoms with E-state index in [1.807, 2.05) is 0 Å². The van der Waals surface area contributed by atoms with Gasteiger partial charge in [0.15, 0.2) is 4.96 Å². The second-order valence-corrected chi connectivity index (χ2v) is 6.98. The summed E-state index contributed by atoms with van der Waals surface area (Å²) in [6.45, 7) is 5.53. The molecule has 1 unspecified atom stereocenters. The summed E-state index contributed by atoms with van der Waals surface area (Å²) in [7, 11) is 1.69. The average Bonchev–Trinajstić information content (AvgIpc) is 3.00. The fourth-order valence-corrected chi connectivity index (χ4v) is 3.71. The minimum absolute atomic E-state index is 0.483. The van der Waals surface area contributed by atoms with Gasteiger partial charge in [0.2, 0.25) is 5.88 Å². The van der Waals surface area contributed by atoms with Crippen molar-refractivity contribution in [3.8, 4) is 5.88 Å². The van der Waals surface area contributed by atoms with Crippen molar-refractivity contribution in [1.29, 1.82) is 0 Å². The van der Waals surface area contributed by atoms with Crippen molar-refractivity contribution in [3.05, 3.63) is 17.3 Å². The number of nitrogens with zero attached hydrogens (tertiary/aromatic N) is 2. The molecule has 1 fully saturated rings. The average molecular weight is 279 g/mol. The third kappa shape index (κ3) is 2.49. The van der Waals surface area contributed by atoms with Crippen LogP contribution in [-0.4, -0.2) is 22.5 Å². The van der Waals surface area contributed by atoms with Crippen molar-refractivity contribution in [2.24, 2.45) is 5.41 Å². The summed E-state index contributed by atoms with van der Waals surface area (Å²) < 4.78 is 7.50. The Balaban J connectivity index is 1.73. The fraction of sp³-hybridized carbons (Fsp3) is 0.643. The quantitative estimate of drug-likeness (QED) is 0.934. The lowest BCUT2D eigenvalue weighted by molar-refractivity contribution is 0.361. The Morgan fingerprint density at radius 1 is 1.58 bits per heavy atom. The molecule has 2 heterocycles. The topological polar surface area (TPSA) is 38.6 Å². The Morgan fingerprint density at radius 3 is 3.11 bits per heavy atom. The molecule has 2 aromatic rings. The molecule has 1 aliphatic rings. The molecule has 3 rings (SSSR count). The Morgan fingerprint density at radius 2 is 2.42 bits per heavy atom. The van der Waals surface area contributed by atoms with E-state index in [2.05, 4.69) is 40.1 Å². The molecular formula is C14H21N3OS. The van der Waals surface area contributed by atoms with Crippen molar-refractivity contribution in [2.45, 2.75) is 45.7 Å². The normalized spacial score (nSPS) is 22.2. The Bertz CT molecular complexity index is 572. The van der Waals surface area contributed by atoms with E-state index in [0.717, 1.165) is 23.1 Å². The molecule has 1 aliphatic carbocycles. The maximum absolute atomic E-state index is 5.38. The number of methoxy groups -OCH3 is 1. The number of thiazole rings is 1. The molecule has 2 aromatic heterocycles. The minimum Gasteiger partial charge on any atom is -0.480 e. The molecule has 0 bridgehead atoms. The van der Waals surface area contributed by atoms with Crippen molar-refractivity contribution >= 4 is 16.3 Å². The highest BCUT2D eigenvalue weighted by Crippen LogP contribution is 2.37. The van der Waals surface area contributed by atoms with Crippen LogP contribution in [0.5, 0.6) is 5.88 Å². The van der Waals surface area contributed by atoms with Gasteiger partial charge in [-0.1, -0.05) is 13.8 Å². The van der Waals surface area contributed by atoms with Crippen molar-refractivity contribution in [1.82, 2.24) is 14.7 Å². The monoisotopic (exact) mass is 279 g/mol. The van der Waals surface area contributed by atoms with Gasteiger partial charge in [0.05, 0.1) is 7.11 Å². The number of ether oxygens (including phenoxy) is 1. The number of fused-ring (bicyclic) bond motifs is 1. The number of aromatic nitrogens is 2. The van der Waals surface area contributed by atoms with Crippen LogP contribution in [0.15, 0.2) is 11.6 Å². The van der Waals surface area contributed by atoms with E-state index in [4.69, 9.17) is 4.74 Å². The lowest BCUT2D eigenvalue weighted by Crippen LogP contribution is -2.27. The zero-order chi connectivity index (χ0) is 13.5. The molecule has 1 atom stereocenters. The van der Waals surface area contributed by atoms with E-state index in [1.165, 1.54) is 19.3 Å². The lowest BCUT2D eigenvalue weighted by Gasteiger charge is -2.17. The summed E-state index contributed by atoms with van der Waals surface area (Å²) in [6, 6.07) is 0.615. The van der Waals surface area contributed by atoms with Crippen LogP contribution in [0, 0.1) is 5.41 Å². The van der Waals surface area contributed by atoms with Gasteiger partial charge < -0.3 is 10.1 Å². The smallest absolute Gasteiger partial charge is 0.237 e. The van der Waals surface area contributed by atoms with E-state index >= 15 is 0 Å². The van der Waals surface area contributed by atoms with E-state index in [1.54, 1.807) is 18.4 Å². The maximum atomic E-state index is 5.38. The highest BCUT2D eigenvalue weighted by molar-refractivity contribution is 7.15. The number of imidazole rings is 1. The molecule has 104 valence electrons. The highest BCUT2D eigenvalue weighted by atomic mass is 32.1. The van der Waals surface area contributed by atoms with Gasteiger partial charge in [-0.3, -0.25) is 4.40 Å². The van der Waals surface area contributed by atoms with Gasteiger partial charge in [-0.05, 0) is 24.7 Å². The summed E-state index contributed by atoms with van der Waals surface area (Å²) in [4.78, 5) is 5.48. The van der Waals surface area contributed by atoms with Gasteiger partial charge in [0, 0.05) is 24.2 Å². The molecule has 0 aliphatic heterocycles. The third-order valence-electron chi connectivity index (χ3n) is 4.04. The van der Waals surface area contributed by atoms with Gasteiger partial charge in [-0.15, -0.1) is 11.3 Å². The number of hydrogen-bond donors (Lipinski definition) is 1. The van der Waals surface area contributed by atoms with Gasteiger partial charge in [0.25, 0.3) is 0 Å². The van der Waals surface area contributed by atoms with E-state index in [-0.39, 0.29) is 0 Å². The third-order valence-corrected chi connectivity index (χ3v) is 4.80. The first-order valence-corrected chi connectivity index (χ1v) is 7.69. The molecular weight excluding hydrogens is 258 g/mol. The lowest BCUT2D eigenvalue weighted by atomic mass is 9.92. The molecule has 1 saturated carbocycles. The minimum atomic E-state index is 0.483. The summed E-state index contributed by atoms with van der Waals surface area (Å²) in [5, 5.41) is 5.72. The zero-order valence-electron chi connectivity index (χ0n) is 11.8. The predicted octanol–water partition coefficient (Wildman–Crippen LogP) is 3.07. The predicted molar refractivity (Wildman–Crippen MR) is 77.9 cm³/mol. The van der Waals surface area contributed by atoms with Crippen LogP contribution < -0.4 is 10.1 Å². The van der Waals surface area contributed by atoms with Crippen molar-refractivity contribution in [3.63, 3.8) is 0 Å². The van der Waals surface area contributed by atoms with Gasteiger partial charge >= 0.3 is 0 Å². The number of rotatable bonds is 4. The van der Waals surface area contributed by atoms with Gasteiger partial charge in [-0.2, -0.15) is 4.98 Å². The van der Waals surface area contributed by atoms with Crippen LogP contribution in [0.3, 0.4) is 0 Å². The van der Waals surface area contributed by atoms with Crippen molar-refractivity contribution < 1.29 is 4.74 Å². The van der Waals surface area contributed by atoms with Crippen LogP contribution in [0.2, 0.25) is 0 Å². The fourth-order valence-electron chi connectivity index (χ4n) is 2.99. The number of nitrogens with one attached hydrogen (secondary N) is 1. The molecule has 0 aromatic carbocycles. The van der Waals surface area contributed by atoms with E-state index in [9.17, 15) is 0 Å². The summed E-state index contributed by atoms with van der Waals surface area (Å²) in [6.07, 6.45) is 5.88. The van der Waals surface area contributed by atoms with Gasteiger partial charge in [0.1, 0.15) is 5.69 Å². The standard InChI is InChI=1S/C14H21N3OS/c1-14(2)5-4-10(8-14)15-9-11-12(18-3)16-13-17(11)6-7-19-13/h6-7,10,15H,4-5,8-9H2,1-3H3. The van der Waals surface area contributed by atoms with Crippen LogP contribution >= 0.6 is 11.3 Å². The first kappa shape index (κ1) is 12.9. The Labute approximate surface area is 117 Å². The second-order valence-electron chi connectivity index (χ2n) is 6.11. The molecule has 1 N–H and O–H groups in total. The zero-order valence-corrected chi connectivity index (χ0v) is 12.6. The van der Waals surface area contributed by atoms with E-state index < -0.39 is 0 Å². The van der Waals surface area contributed by atoms with Gasteiger partial charge in [-0.25, -0.2) is 0 Å². The SMILES string of the molecule is COc1nc2sccn2c1CNC1CCC(C)(C)C1. The molecule has 4 nitrogen and oxygen atoms in total. The molecule has 0 amide bonds. The summed E-state index contributed by atoms with van der Waals surface area (Å²) in [5.41, 5.74) is 1.61. The second kappa shape index (κ2) is 4.80. The highest BCUT2D eigenvalue weighted by Gasteiger charge is 2.30. The molecule has 0 saturated heterocycles. The Kier molecular flexibility index (Phi) is 3.27. The van der Waals surface area contributed by atoms with Crippen LogP contribution in [0.25, 0.3) is 4.96 Å². The molecule has 19 heavy (non-hydrogen) atoms. The van der Waals surface area contributed by atoms with Crippen LogP contribution in [0.4, 0.5) is 0 Å². The number of hydrogen-bond acceptors (Lipinski definition) is 4. The van der Waals surface area contributed by atoms with Crippen LogP contribution in [-0.2, 0) is 6.54 Å². The first-order valence-electron chi connectivity index (χ1n) is 6.81. The molecule has 0 spiro atoms. The maximum Gasteiger partial charge on any atom is 0.237 e. The first-order chi connectivity index (χ1) is 9.09. The molecule has 0 radical (unpaired) electrons. The van der Waals surface area contributed by atoms with Crippen molar-refractivity contribution in [2.75, 3.05) is 7.11 Å². The summed E-state index contributed by atoms with van der Waals surface area (Å²) >= 11 is 1.64. The summed E-state index contributed by atoms with van der Waals surface area (Å²) in [5.74, 6) is 0.747. The largest absolute Gasteiger partial charge is 0.480 e. The van der Waals surface area contributed by atoms with E-state index in [0.29, 0.717) is 11.5 Å².